The number of hydrogen-bond acceptors (Lipinski definition) is 4. The molecular formula is C24H21F2N3O3. The average molecular weight is 437 g/mol. The van der Waals surface area contributed by atoms with Gasteiger partial charge in [-0.3, -0.25) is 9.59 Å². The molecule has 1 atom stereocenters. The number of nitrogens with one attached hydrogen (secondary N) is 1. The largest absolute Gasteiger partial charge is 0.439 e. The Hall–Kier alpha value is -3.81. The molecule has 6 nitrogen and oxygen atoms in total. The van der Waals surface area contributed by atoms with Crippen LogP contribution < -0.4 is 15.0 Å². The van der Waals surface area contributed by atoms with Crippen LogP contribution in [0, 0.1) is 24.5 Å². The normalized spacial score (nSPS) is 15.7. The maximum Gasteiger partial charge on any atom is 0.227 e. The summed E-state index contributed by atoms with van der Waals surface area (Å²) in [6, 6.07) is 13.7. The Bertz CT molecular complexity index is 1170. The Balaban J connectivity index is 1.41. The minimum atomic E-state index is -0.604. The molecule has 2 heterocycles. The zero-order valence-corrected chi connectivity index (χ0v) is 17.3. The number of ether oxygens (including phenoxy) is 1. The lowest BCUT2D eigenvalue weighted by Crippen LogP contribution is -2.33. The van der Waals surface area contributed by atoms with Crippen molar-refractivity contribution in [3.63, 3.8) is 0 Å². The van der Waals surface area contributed by atoms with E-state index in [9.17, 15) is 18.4 Å². The minimum absolute atomic E-state index is 0.00115. The van der Waals surface area contributed by atoms with Gasteiger partial charge in [0, 0.05) is 37.3 Å². The van der Waals surface area contributed by atoms with Gasteiger partial charge in [-0.15, -0.1) is 0 Å². The summed E-state index contributed by atoms with van der Waals surface area (Å²) in [5.74, 6) is -1.63. The molecule has 3 aromatic rings. The highest BCUT2D eigenvalue weighted by Gasteiger charge is 2.36. The fourth-order valence-electron chi connectivity index (χ4n) is 3.57. The number of carbonyl (C=O) groups is 2. The topological polar surface area (TPSA) is 71.5 Å². The summed E-state index contributed by atoms with van der Waals surface area (Å²) in [6.45, 7) is 1.98. The van der Waals surface area contributed by atoms with Gasteiger partial charge in [0.2, 0.25) is 17.7 Å². The summed E-state index contributed by atoms with van der Waals surface area (Å²) in [4.78, 5) is 30.6. The Morgan fingerprint density at radius 2 is 2.03 bits per heavy atom. The molecule has 2 amide bonds. The molecule has 32 heavy (non-hydrogen) atoms. The van der Waals surface area contributed by atoms with Crippen molar-refractivity contribution < 1.29 is 23.1 Å². The first-order valence-corrected chi connectivity index (χ1v) is 10.1. The molecule has 4 rings (SSSR count). The average Bonchev–Trinajstić information content (AvgIpc) is 3.14. The summed E-state index contributed by atoms with van der Waals surface area (Å²) in [5, 5.41) is 2.79. The first-order valence-electron chi connectivity index (χ1n) is 10.1. The summed E-state index contributed by atoms with van der Waals surface area (Å²) in [6.07, 6.45) is 1.53. The smallest absolute Gasteiger partial charge is 0.227 e. The molecule has 1 aliphatic heterocycles. The number of pyridine rings is 1. The van der Waals surface area contributed by atoms with Crippen LogP contribution in [0.15, 0.2) is 60.8 Å². The molecule has 1 saturated heterocycles. The molecule has 2 aromatic carbocycles. The van der Waals surface area contributed by atoms with E-state index in [1.165, 1.54) is 35.4 Å². The lowest BCUT2D eigenvalue weighted by molar-refractivity contribution is -0.126. The zero-order chi connectivity index (χ0) is 22.7. The van der Waals surface area contributed by atoms with Crippen molar-refractivity contribution >= 4 is 17.5 Å². The van der Waals surface area contributed by atoms with Gasteiger partial charge in [-0.05, 0) is 42.8 Å². The first-order chi connectivity index (χ1) is 15.4. The van der Waals surface area contributed by atoms with E-state index in [2.05, 4.69) is 10.3 Å². The summed E-state index contributed by atoms with van der Waals surface area (Å²) in [7, 11) is 0. The van der Waals surface area contributed by atoms with Crippen molar-refractivity contribution in [1.29, 1.82) is 0 Å². The Labute approximate surface area is 183 Å². The molecule has 1 aromatic heterocycles. The predicted molar refractivity (Wildman–Crippen MR) is 114 cm³/mol. The second-order valence-electron chi connectivity index (χ2n) is 7.61. The van der Waals surface area contributed by atoms with Crippen LogP contribution >= 0.6 is 0 Å². The second-order valence-corrected chi connectivity index (χ2v) is 7.61. The molecule has 0 bridgehead atoms. The SMILES string of the molecule is Cc1ccc(N2CC(C(=O)NCc3cccnc3Oc3cccc(F)c3)CC2=O)c(F)c1. The standard InChI is InChI=1S/C24H21F2N3O3/c1-15-7-8-21(20(26)10-15)29-14-17(11-22(29)30)23(31)28-13-16-4-3-9-27-24(16)32-19-6-2-5-18(25)12-19/h2-10,12,17H,11,13-14H2,1H3,(H,28,31). The molecule has 1 aliphatic rings. The third-order valence-electron chi connectivity index (χ3n) is 5.20. The number of aryl methyl sites for hydroxylation is 1. The predicted octanol–water partition coefficient (Wildman–Crippen LogP) is 4.13. The quantitative estimate of drug-likeness (QED) is 0.630. The van der Waals surface area contributed by atoms with Crippen LogP contribution in [0.5, 0.6) is 11.6 Å². The number of carbonyl (C=O) groups excluding carboxylic acids is 2. The van der Waals surface area contributed by atoms with E-state index in [0.29, 0.717) is 5.56 Å². The molecule has 1 fully saturated rings. The van der Waals surface area contributed by atoms with Crippen molar-refractivity contribution in [1.82, 2.24) is 10.3 Å². The van der Waals surface area contributed by atoms with E-state index in [4.69, 9.17) is 4.74 Å². The minimum Gasteiger partial charge on any atom is -0.439 e. The van der Waals surface area contributed by atoms with Gasteiger partial charge >= 0.3 is 0 Å². The Kier molecular flexibility index (Phi) is 6.11. The number of rotatable bonds is 6. The van der Waals surface area contributed by atoms with E-state index in [1.807, 2.05) is 0 Å². The van der Waals surface area contributed by atoms with Gasteiger partial charge in [-0.25, -0.2) is 13.8 Å². The van der Waals surface area contributed by atoms with Crippen molar-refractivity contribution in [2.24, 2.45) is 5.92 Å². The number of nitrogens with zero attached hydrogens (tertiary/aromatic N) is 2. The number of anilines is 1. The van der Waals surface area contributed by atoms with Gasteiger partial charge in [0.15, 0.2) is 0 Å². The van der Waals surface area contributed by atoms with Crippen molar-refractivity contribution in [2.75, 3.05) is 11.4 Å². The van der Waals surface area contributed by atoms with E-state index < -0.39 is 17.6 Å². The van der Waals surface area contributed by atoms with Crippen molar-refractivity contribution in [3.05, 3.63) is 83.6 Å². The zero-order valence-electron chi connectivity index (χ0n) is 17.3. The van der Waals surface area contributed by atoms with E-state index >= 15 is 0 Å². The van der Waals surface area contributed by atoms with Crippen molar-refractivity contribution in [2.45, 2.75) is 19.9 Å². The van der Waals surface area contributed by atoms with Gasteiger partial charge in [0.25, 0.3) is 0 Å². The summed E-state index contributed by atoms with van der Waals surface area (Å²) >= 11 is 0. The third kappa shape index (κ3) is 4.74. The molecule has 1 N–H and O–H groups in total. The Morgan fingerprint density at radius 1 is 1.19 bits per heavy atom. The van der Waals surface area contributed by atoms with Crippen molar-refractivity contribution in [3.8, 4) is 11.6 Å². The highest BCUT2D eigenvalue weighted by Crippen LogP contribution is 2.28. The maximum atomic E-state index is 14.3. The van der Waals surface area contributed by atoms with Gasteiger partial charge in [0.1, 0.15) is 17.4 Å². The van der Waals surface area contributed by atoms with Crippen LogP contribution in [0.2, 0.25) is 0 Å². The third-order valence-corrected chi connectivity index (χ3v) is 5.20. The van der Waals surface area contributed by atoms with Crippen LogP contribution in [0.4, 0.5) is 14.5 Å². The highest BCUT2D eigenvalue weighted by atomic mass is 19.1. The van der Waals surface area contributed by atoms with E-state index in [0.717, 1.165) is 5.56 Å². The van der Waals surface area contributed by atoms with Gasteiger partial charge in [-0.1, -0.05) is 18.2 Å². The molecule has 1 unspecified atom stereocenters. The lowest BCUT2D eigenvalue weighted by atomic mass is 10.1. The van der Waals surface area contributed by atoms with Crippen LogP contribution in [0.25, 0.3) is 0 Å². The number of halogens is 2. The van der Waals surface area contributed by atoms with Crippen LogP contribution in [-0.2, 0) is 16.1 Å². The molecule has 164 valence electrons. The fourth-order valence-corrected chi connectivity index (χ4v) is 3.57. The van der Waals surface area contributed by atoms with Crippen LogP contribution in [0.1, 0.15) is 17.5 Å². The molecule has 8 heteroatoms. The van der Waals surface area contributed by atoms with Gasteiger partial charge in [-0.2, -0.15) is 0 Å². The highest BCUT2D eigenvalue weighted by molar-refractivity contribution is 6.00. The van der Waals surface area contributed by atoms with E-state index in [1.54, 1.807) is 37.3 Å². The Morgan fingerprint density at radius 3 is 2.81 bits per heavy atom. The molecule has 0 spiro atoms. The first kappa shape index (κ1) is 21.4. The number of amides is 2. The van der Waals surface area contributed by atoms with Crippen LogP contribution in [0.3, 0.4) is 0 Å². The lowest BCUT2D eigenvalue weighted by Gasteiger charge is -2.18. The number of benzene rings is 2. The van der Waals surface area contributed by atoms with E-state index in [-0.39, 0.29) is 48.6 Å². The molecular weight excluding hydrogens is 416 g/mol. The number of hydrogen-bond donors (Lipinski definition) is 1. The summed E-state index contributed by atoms with van der Waals surface area (Å²) in [5.41, 5.74) is 1.52. The van der Waals surface area contributed by atoms with Gasteiger partial charge in [0.05, 0.1) is 11.6 Å². The van der Waals surface area contributed by atoms with Gasteiger partial charge < -0.3 is 15.0 Å². The number of aromatic nitrogens is 1. The monoisotopic (exact) mass is 437 g/mol. The second kappa shape index (κ2) is 9.13. The molecule has 0 saturated carbocycles. The molecule has 0 radical (unpaired) electrons. The maximum absolute atomic E-state index is 14.3. The molecule has 0 aliphatic carbocycles. The van der Waals surface area contributed by atoms with Crippen LogP contribution in [-0.4, -0.2) is 23.3 Å². The fraction of sp³-hybridized carbons (Fsp3) is 0.208. The summed E-state index contributed by atoms with van der Waals surface area (Å²) < 4.78 is 33.4.